The van der Waals surface area contributed by atoms with E-state index in [4.69, 9.17) is 5.84 Å². The van der Waals surface area contributed by atoms with Crippen molar-refractivity contribution in [3.63, 3.8) is 0 Å². The van der Waals surface area contributed by atoms with Gasteiger partial charge >= 0.3 is 0 Å². The summed E-state index contributed by atoms with van der Waals surface area (Å²) in [5.74, 6) is 5.97. The first-order valence-corrected chi connectivity index (χ1v) is 5.92. The SMILES string of the molecule is CCNC(=NCc1cccc2cccnc12)NN. The highest BCUT2D eigenvalue weighted by molar-refractivity contribution is 5.82. The Hall–Kier alpha value is -2.14. The third-order valence-corrected chi connectivity index (χ3v) is 2.60. The van der Waals surface area contributed by atoms with Crippen LogP contribution < -0.4 is 16.6 Å². The molecule has 1 aromatic heterocycles. The summed E-state index contributed by atoms with van der Waals surface area (Å²) < 4.78 is 0. The fraction of sp³-hybridized carbons (Fsp3) is 0.231. The van der Waals surface area contributed by atoms with Gasteiger partial charge in [-0.1, -0.05) is 24.3 Å². The Morgan fingerprint density at radius 2 is 2.17 bits per heavy atom. The maximum atomic E-state index is 5.38. The molecular weight excluding hydrogens is 226 g/mol. The minimum absolute atomic E-state index is 0.543. The van der Waals surface area contributed by atoms with Crippen LogP contribution in [0.15, 0.2) is 41.5 Å². The second-order valence-corrected chi connectivity index (χ2v) is 3.83. The first-order valence-electron chi connectivity index (χ1n) is 5.92. The van der Waals surface area contributed by atoms with Gasteiger partial charge < -0.3 is 5.32 Å². The summed E-state index contributed by atoms with van der Waals surface area (Å²) >= 11 is 0. The lowest BCUT2D eigenvalue weighted by Crippen LogP contribution is -2.41. The molecule has 0 saturated heterocycles. The standard InChI is InChI=1S/C13H17N5/c1-2-15-13(18-14)17-9-11-6-3-5-10-7-4-8-16-12(10)11/h3-8H,2,9,14H2,1H3,(H2,15,17,18). The number of nitrogens with zero attached hydrogens (tertiary/aromatic N) is 2. The summed E-state index contributed by atoms with van der Waals surface area (Å²) in [5, 5.41) is 4.17. The molecule has 5 nitrogen and oxygen atoms in total. The molecule has 0 unspecified atom stereocenters. The van der Waals surface area contributed by atoms with Gasteiger partial charge in [0.05, 0.1) is 12.1 Å². The molecule has 0 amide bonds. The molecule has 5 heteroatoms. The highest BCUT2D eigenvalue weighted by Crippen LogP contribution is 2.16. The quantitative estimate of drug-likeness (QED) is 0.327. The zero-order chi connectivity index (χ0) is 12.8. The van der Waals surface area contributed by atoms with Crippen LogP contribution in [0, 0.1) is 0 Å². The van der Waals surface area contributed by atoms with Crippen LogP contribution in [-0.4, -0.2) is 17.5 Å². The zero-order valence-electron chi connectivity index (χ0n) is 10.4. The van der Waals surface area contributed by atoms with Gasteiger partial charge in [0.2, 0.25) is 5.96 Å². The molecule has 2 aromatic rings. The molecule has 0 spiro atoms. The van der Waals surface area contributed by atoms with Crippen molar-refractivity contribution < 1.29 is 0 Å². The van der Waals surface area contributed by atoms with E-state index in [1.54, 1.807) is 6.20 Å². The number of rotatable bonds is 3. The lowest BCUT2D eigenvalue weighted by Gasteiger charge is -2.07. The van der Waals surface area contributed by atoms with E-state index < -0.39 is 0 Å². The van der Waals surface area contributed by atoms with E-state index >= 15 is 0 Å². The molecule has 0 aliphatic carbocycles. The number of nitrogens with two attached hydrogens (primary N) is 1. The van der Waals surface area contributed by atoms with Crippen LogP contribution in [-0.2, 0) is 6.54 Å². The van der Waals surface area contributed by atoms with Crippen molar-refractivity contribution in [2.75, 3.05) is 6.54 Å². The van der Waals surface area contributed by atoms with Gasteiger partial charge in [-0.15, -0.1) is 0 Å². The molecule has 1 heterocycles. The average molecular weight is 243 g/mol. The van der Waals surface area contributed by atoms with E-state index in [-0.39, 0.29) is 0 Å². The second kappa shape index (κ2) is 5.97. The molecule has 4 N–H and O–H groups in total. The molecule has 0 saturated carbocycles. The summed E-state index contributed by atoms with van der Waals surface area (Å²) in [7, 11) is 0. The molecule has 0 radical (unpaired) electrons. The van der Waals surface area contributed by atoms with Crippen molar-refractivity contribution in [2.45, 2.75) is 13.5 Å². The fourth-order valence-electron chi connectivity index (χ4n) is 1.78. The Labute approximate surface area is 106 Å². The van der Waals surface area contributed by atoms with Gasteiger partial charge in [-0.3, -0.25) is 10.4 Å². The van der Waals surface area contributed by atoms with Crippen LogP contribution in [0.1, 0.15) is 12.5 Å². The number of benzene rings is 1. The van der Waals surface area contributed by atoms with Gasteiger partial charge in [-0.25, -0.2) is 10.8 Å². The summed E-state index contributed by atoms with van der Waals surface area (Å²) in [5.41, 5.74) is 4.60. The van der Waals surface area contributed by atoms with E-state index in [1.807, 2.05) is 37.3 Å². The fourth-order valence-corrected chi connectivity index (χ4v) is 1.78. The predicted molar refractivity (Wildman–Crippen MR) is 73.9 cm³/mol. The van der Waals surface area contributed by atoms with E-state index in [0.29, 0.717) is 12.5 Å². The number of hydrogen-bond acceptors (Lipinski definition) is 3. The number of fused-ring (bicyclic) bond motifs is 1. The van der Waals surface area contributed by atoms with Gasteiger partial charge in [-0.2, -0.15) is 0 Å². The number of guanidine groups is 1. The summed E-state index contributed by atoms with van der Waals surface area (Å²) in [6, 6.07) is 10.1. The van der Waals surface area contributed by atoms with E-state index in [2.05, 4.69) is 20.7 Å². The maximum Gasteiger partial charge on any atom is 0.206 e. The monoisotopic (exact) mass is 243 g/mol. The van der Waals surface area contributed by atoms with Crippen molar-refractivity contribution >= 4 is 16.9 Å². The normalized spacial score (nSPS) is 11.6. The van der Waals surface area contributed by atoms with Crippen molar-refractivity contribution in [1.29, 1.82) is 0 Å². The molecule has 0 aliphatic rings. The van der Waals surface area contributed by atoms with E-state index in [1.165, 1.54) is 0 Å². The minimum Gasteiger partial charge on any atom is -0.356 e. The van der Waals surface area contributed by atoms with Crippen LogP contribution in [0.5, 0.6) is 0 Å². The molecule has 0 aliphatic heterocycles. The van der Waals surface area contributed by atoms with Crippen molar-refractivity contribution in [1.82, 2.24) is 15.7 Å². The lowest BCUT2D eigenvalue weighted by atomic mass is 10.1. The Morgan fingerprint density at radius 1 is 1.33 bits per heavy atom. The topological polar surface area (TPSA) is 75.3 Å². The number of hydrogen-bond donors (Lipinski definition) is 3. The Balaban J connectivity index is 2.26. The molecule has 1 aromatic carbocycles. The number of nitrogens with one attached hydrogen (secondary N) is 2. The third-order valence-electron chi connectivity index (χ3n) is 2.60. The third kappa shape index (κ3) is 2.75. The molecule has 94 valence electrons. The van der Waals surface area contributed by atoms with Gasteiger partial charge in [-0.05, 0) is 18.6 Å². The largest absolute Gasteiger partial charge is 0.356 e. The summed E-state index contributed by atoms with van der Waals surface area (Å²) in [6.07, 6.45) is 1.79. The van der Waals surface area contributed by atoms with Crippen LogP contribution in [0.4, 0.5) is 0 Å². The summed E-state index contributed by atoms with van der Waals surface area (Å²) in [4.78, 5) is 8.77. The molecular formula is C13H17N5. The van der Waals surface area contributed by atoms with E-state index in [0.717, 1.165) is 23.0 Å². The molecule has 18 heavy (non-hydrogen) atoms. The average Bonchev–Trinajstić information content (AvgIpc) is 2.43. The van der Waals surface area contributed by atoms with Gasteiger partial charge in [0, 0.05) is 18.1 Å². The number of pyridine rings is 1. The Morgan fingerprint density at radius 3 is 2.94 bits per heavy atom. The van der Waals surface area contributed by atoms with Crippen LogP contribution in [0.25, 0.3) is 10.9 Å². The maximum absolute atomic E-state index is 5.38. The first-order chi connectivity index (χ1) is 8.85. The molecule has 0 atom stereocenters. The highest BCUT2D eigenvalue weighted by atomic mass is 15.3. The predicted octanol–water partition coefficient (Wildman–Crippen LogP) is 1.16. The molecule has 0 fully saturated rings. The van der Waals surface area contributed by atoms with E-state index in [9.17, 15) is 0 Å². The van der Waals surface area contributed by atoms with Crippen molar-refractivity contribution in [3.05, 3.63) is 42.1 Å². The second-order valence-electron chi connectivity index (χ2n) is 3.83. The Bertz CT molecular complexity index is 545. The number of aromatic nitrogens is 1. The highest BCUT2D eigenvalue weighted by Gasteiger charge is 2.01. The lowest BCUT2D eigenvalue weighted by molar-refractivity contribution is 0.853. The summed E-state index contributed by atoms with van der Waals surface area (Å²) in [6.45, 7) is 3.31. The minimum atomic E-state index is 0.543. The Kier molecular flexibility index (Phi) is 4.09. The molecule has 0 bridgehead atoms. The van der Waals surface area contributed by atoms with Crippen LogP contribution >= 0.6 is 0 Å². The number of para-hydroxylation sites is 1. The number of hydrazine groups is 1. The van der Waals surface area contributed by atoms with Crippen LogP contribution in [0.3, 0.4) is 0 Å². The first kappa shape index (κ1) is 12.3. The van der Waals surface area contributed by atoms with Crippen molar-refractivity contribution in [3.8, 4) is 0 Å². The molecule has 2 rings (SSSR count). The van der Waals surface area contributed by atoms with Gasteiger partial charge in [0.1, 0.15) is 0 Å². The van der Waals surface area contributed by atoms with Gasteiger partial charge in [0.15, 0.2) is 0 Å². The smallest absolute Gasteiger partial charge is 0.206 e. The number of aliphatic imine (C=N–C) groups is 1. The van der Waals surface area contributed by atoms with Crippen molar-refractivity contribution in [2.24, 2.45) is 10.8 Å². The zero-order valence-corrected chi connectivity index (χ0v) is 10.4. The van der Waals surface area contributed by atoms with Crippen LogP contribution in [0.2, 0.25) is 0 Å². The van der Waals surface area contributed by atoms with Gasteiger partial charge in [0.25, 0.3) is 0 Å².